The zero-order valence-electron chi connectivity index (χ0n) is 24.5. The predicted octanol–water partition coefficient (Wildman–Crippen LogP) is 5.81. The second-order valence-electron chi connectivity index (χ2n) is 12.3. The lowest BCUT2D eigenvalue weighted by Gasteiger charge is -2.29. The van der Waals surface area contributed by atoms with Crippen LogP contribution in [0, 0.1) is 0 Å². The zero-order chi connectivity index (χ0) is 29.7. The van der Waals surface area contributed by atoms with Crippen LogP contribution in [0.5, 0.6) is 5.75 Å². The number of hydrogen-bond donors (Lipinski definition) is 1. The Bertz CT molecular complexity index is 1820. The van der Waals surface area contributed by atoms with Crippen molar-refractivity contribution in [1.82, 2.24) is 29.7 Å². The molecule has 7 rings (SSSR count). The van der Waals surface area contributed by atoms with Crippen LogP contribution in [-0.2, 0) is 20.1 Å². The van der Waals surface area contributed by atoms with E-state index in [0.717, 1.165) is 54.3 Å². The van der Waals surface area contributed by atoms with Gasteiger partial charge in [-0.3, -0.25) is 9.58 Å². The summed E-state index contributed by atoms with van der Waals surface area (Å²) in [6, 6.07) is 25.1. The summed E-state index contributed by atoms with van der Waals surface area (Å²) in [5.41, 5.74) is 6.91. The Morgan fingerprint density at radius 3 is 2.60 bits per heavy atom. The molecule has 9 heteroatoms. The molecule has 218 valence electrons. The number of carboxylic acids is 1. The summed E-state index contributed by atoms with van der Waals surface area (Å²) < 4.78 is 9.81. The first kappa shape index (κ1) is 27.1. The van der Waals surface area contributed by atoms with Gasteiger partial charge in [-0.1, -0.05) is 53.7 Å². The molecule has 1 saturated carbocycles. The molecule has 0 radical (unpaired) electrons. The van der Waals surface area contributed by atoms with Gasteiger partial charge in [-0.05, 0) is 61.2 Å². The van der Waals surface area contributed by atoms with E-state index < -0.39 is 5.97 Å². The number of aryl methyl sites for hydroxylation is 1. The molecule has 5 aromatic rings. The molecule has 2 unspecified atom stereocenters. The van der Waals surface area contributed by atoms with Gasteiger partial charge in [-0.25, -0.2) is 9.48 Å². The standard InChI is InChI=1S/C34H34N6O3/c1-34(2)21-39(19-25-9-4-5-13-31(25)43-34)18-22-8-6-10-23(14-22)24-11-7-12-26(15-24)40-32(29(17-35-40)33(41)42)28-16-27(28)30-20-38(3)37-36-30/h4-15,17,20,27-28H,16,18-19,21H2,1-3H3,(H,41,42). The minimum Gasteiger partial charge on any atom is -0.486 e. The van der Waals surface area contributed by atoms with Crippen molar-refractivity contribution < 1.29 is 14.6 Å². The van der Waals surface area contributed by atoms with Crippen LogP contribution < -0.4 is 4.74 Å². The van der Waals surface area contributed by atoms with Crippen LogP contribution in [0.3, 0.4) is 0 Å². The van der Waals surface area contributed by atoms with Crippen LogP contribution in [0.15, 0.2) is 85.2 Å². The number of benzene rings is 3. The van der Waals surface area contributed by atoms with E-state index in [-0.39, 0.29) is 23.0 Å². The quantitative estimate of drug-likeness (QED) is 0.262. The number of carboxylic acid groups (broad SMARTS) is 1. The van der Waals surface area contributed by atoms with Crippen LogP contribution in [0.1, 0.15) is 65.0 Å². The Morgan fingerprint density at radius 2 is 1.81 bits per heavy atom. The molecule has 1 N–H and O–H groups in total. The molecular formula is C34H34N6O3. The van der Waals surface area contributed by atoms with E-state index in [2.05, 4.69) is 88.8 Å². The highest BCUT2D eigenvalue weighted by molar-refractivity contribution is 5.89. The van der Waals surface area contributed by atoms with Crippen LogP contribution >= 0.6 is 0 Å². The first-order chi connectivity index (χ1) is 20.7. The second-order valence-corrected chi connectivity index (χ2v) is 12.3. The van der Waals surface area contributed by atoms with Crippen molar-refractivity contribution in [3.63, 3.8) is 0 Å². The number of carbonyl (C=O) groups is 1. The monoisotopic (exact) mass is 574 g/mol. The lowest BCUT2D eigenvalue weighted by Crippen LogP contribution is -2.40. The van der Waals surface area contributed by atoms with Crippen LogP contribution in [0.25, 0.3) is 16.8 Å². The van der Waals surface area contributed by atoms with Crippen LogP contribution in [-0.4, -0.2) is 52.9 Å². The molecule has 1 fully saturated rings. The van der Waals surface area contributed by atoms with E-state index in [4.69, 9.17) is 4.74 Å². The molecular weight excluding hydrogens is 540 g/mol. The molecule has 43 heavy (non-hydrogen) atoms. The molecule has 3 aromatic carbocycles. The lowest BCUT2D eigenvalue weighted by atomic mass is 10.0. The van der Waals surface area contributed by atoms with Crippen molar-refractivity contribution in [2.75, 3.05) is 6.54 Å². The number of aromatic carboxylic acids is 1. The molecule has 2 atom stereocenters. The molecule has 9 nitrogen and oxygen atoms in total. The molecule has 1 aliphatic heterocycles. The second kappa shape index (κ2) is 10.5. The van der Waals surface area contributed by atoms with E-state index >= 15 is 0 Å². The van der Waals surface area contributed by atoms with E-state index in [9.17, 15) is 9.90 Å². The summed E-state index contributed by atoms with van der Waals surface area (Å²) in [5.74, 6) is 0.131. The van der Waals surface area contributed by atoms with E-state index in [1.54, 1.807) is 9.36 Å². The van der Waals surface area contributed by atoms with E-state index in [1.807, 2.05) is 31.4 Å². The number of para-hydroxylation sites is 1. The first-order valence-electron chi connectivity index (χ1n) is 14.6. The summed E-state index contributed by atoms with van der Waals surface area (Å²) in [5, 5.41) is 22.8. The van der Waals surface area contributed by atoms with Gasteiger partial charge in [0.15, 0.2) is 0 Å². The Balaban J connectivity index is 1.17. The largest absolute Gasteiger partial charge is 0.486 e. The highest BCUT2D eigenvalue weighted by Crippen LogP contribution is 2.55. The highest BCUT2D eigenvalue weighted by Gasteiger charge is 2.46. The molecule has 2 aromatic heterocycles. The maximum Gasteiger partial charge on any atom is 0.339 e. The number of ether oxygens (including phenoxy) is 1. The number of rotatable bonds is 7. The third kappa shape index (κ3) is 5.44. The molecule has 0 spiro atoms. The fourth-order valence-electron chi connectivity index (χ4n) is 6.38. The van der Waals surface area contributed by atoms with Gasteiger partial charge in [0.05, 0.1) is 23.3 Å². The number of hydrogen-bond acceptors (Lipinski definition) is 6. The molecule has 3 heterocycles. The Labute approximate surface area is 250 Å². The van der Waals surface area contributed by atoms with Gasteiger partial charge in [0.25, 0.3) is 0 Å². The SMILES string of the molecule is Cn1cc(C2CC2c2c(C(=O)O)cnn2-c2cccc(-c3cccc(CN4Cc5ccccc5OC(C)(C)C4)c3)c2)nn1. The van der Waals surface area contributed by atoms with Crippen molar-refractivity contribution in [1.29, 1.82) is 0 Å². The van der Waals surface area contributed by atoms with Gasteiger partial charge in [-0.2, -0.15) is 5.10 Å². The van der Waals surface area contributed by atoms with Crippen LogP contribution in [0.4, 0.5) is 0 Å². The maximum atomic E-state index is 12.2. The molecule has 0 saturated heterocycles. The van der Waals surface area contributed by atoms with E-state index in [1.165, 1.54) is 17.3 Å². The maximum absolute atomic E-state index is 12.2. The topological polar surface area (TPSA) is 98.3 Å². The summed E-state index contributed by atoms with van der Waals surface area (Å²) in [4.78, 5) is 14.6. The van der Waals surface area contributed by atoms with Crippen LogP contribution in [0.2, 0.25) is 0 Å². The van der Waals surface area contributed by atoms with Gasteiger partial charge >= 0.3 is 5.97 Å². The fraction of sp³-hybridized carbons (Fsp3) is 0.294. The fourth-order valence-corrected chi connectivity index (χ4v) is 6.38. The van der Waals surface area contributed by atoms with Gasteiger partial charge < -0.3 is 9.84 Å². The van der Waals surface area contributed by atoms with E-state index in [0.29, 0.717) is 5.69 Å². The Hall–Kier alpha value is -4.76. The summed E-state index contributed by atoms with van der Waals surface area (Å²) in [6.07, 6.45) is 4.18. The third-order valence-corrected chi connectivity index (χ3v) is 8.29. The van der Waals surface area contributed by atoms with Gasteiger partial charge in [-0.15, -0.1) is 5.10 Å². The summed E-state index contributed by atoms with van der Waals surface area (Å²) >= 11 is 0. The molecule has 1 aliphatic carbocycles. The van der Waals surface area contributed by atoms with Crippen molar-refractivity contribution in [3.05, 3.63) is 113 Å². The molecule has 2 aliphatic rings. The Kier molecular flexibility index (Phi) is 6.62. The number of nitrogens with zero attached hydrogens (tertiary/aromatic N) is 6. The minimum atomic E-state index is -0.973. The molecule has 0 amide bonds. The predicted molar refractivity (Wildman–Crippen MR) is 162 cm³/mol. The highest BCUT2D eigenvalue weighted by atomic mass is 16.5. The van der Waals surface area contributed by atoms with Gasteiger partial charge in [0.2, 0.25) is 0 Å². The summed E-state index contributed by atoms with van der Waals surface area (Å²) in [7, 11) is 1.84. The van der Waals surface area contributed by atoms with Crippen molar-refractivity contribution in [2.24, 2.45) is 7.05 Å². The normalized spacial score (nSPS) is 19.3. The number of aromatic nitrogens is 5. The average Bonchev–Trinajstić information content (AvgIpc) is 3.47. The van der Waals surface area contributed by atoms with Crippen molar-refractivity contribution >= 4 is 5.97 Å². The van der Waals surface area contributed by atoms with Gasteiger partial charge in [0.1, 0.15) is 16.9 Å². The smallest absolute Gasteiger partial charge is 0.339 e. The summed E-state index contributed by atoms with van der Waals surface area (Å²) in [6.45, 7) is 6.71. The lowest BCUT2D eigenvalue weighted by molar-refractivity contribution is 0.0680. The first-order valence-corrected chi connectivity index (χ1v) is 14.6. The van der Waals surface area contributed by atoms with Crippen molar-refractivity contribution in [3.8, 4) is 22.6 Å². The average molecular weight is 575 g/mol. The molecule has 0 bridgehead atoms. The van der Waals surface area contributed by atoms with Gasteiger partial charge in [0, 0.05) is 50.3 Å². The number of fused-ring (bicyclic) bond motifs is 1. The minimum absolute atomic E-state index is 0.0178. The van der Waals surface area contributed by atoms with Crippen molar-refractivity contribution in [2.45, 2.75) is 50.8 Å². The third-order valence-electron chi connectivity index (χ3n) is 8.29. The Morgan fingerprint density at radius 1 is 1.02 bits per heavy atom. The zero-order valence-corrected chi connectivity index (χ0v) is 24.5.